The van der Waals surface area contributed by atoms with Crippen LogP contribution in [0, 0.1) is 5.92 Å². The van der Waals surface area contributed by atoms with Crippen molar-refractivity contribution in [1.29, 1.82) is 0 Å². The van der Waals surface area contributed by atoms with Crippen molar-refractivity contribution in [2.24, 2.45) is 5.92 Å². The number of anilines is 1. The van der Waals surface area contributed by atoms with Crippen molar-refractivity contribution in [3.05, 3.63) is 29.8 Å². The van der Waals surface area contributed by atoms with Gasteiger partial charge in [-0.05, 0) is 36.7 Å². The fourth-order valence-electron chi connectivity index (χ4n) is 1.76. The maximum atomic E-state index is 3.44. The molecule has 0 spiro atoms. The lowest BCUT2D eigenvalue weighted by atomic mass is 10.1. The fourth-order valence-corrected chi connectivity index (χ4v) is 1.76. The molecule has 96 valence electrons. The largest absolute Gasteiger partial charge is 0.385 e. The summed E-state index contributed by atoms with van der Waals surface area (Å²) in [7, 11) is 0. The van der Waals surface area contributed by atoms with E-state index in [9.17, 15) is 0 Å². The van der Waals surface area contributed by atoms with Crippen LogP contribution in [0.15, 0.2) is 24.3 Å². The van der Waals surface area contributed by atoms with Crippen LogP contribution in [0.1, 0.15) is 33.3 Å². The van der Waals surface area contributed by atoms with Crippen molar-refractivity contribution in [2.75, 3.05) is 25.0 Å². The molecule has 0 atom stereocenters. The lowest BCUT2D eigenvalue weighted by molar-refractivity contribution is 0.296. The smallest absolute Gasteiger partial charge is 0.0340 e. The van der Waals surface area contributed by atoms with Crippen LogP contribution >= 0.6 is 0 Å². The van der Waals surface area contributed by atoms with Crippen LogP contribution < -0.4 is 5.32 Å². The Balaban J connectivity index is 2.49. The molecule has 1 aromatic rings. The van der Waals surface area contributed by atoms with E-state index in [-0.39, 0.29) is 0 Å². The topological polar surface area (TPSA) is 15.3 Å². The summed E-state index contributed by atoms with van der Waals surface area (Å²) in [6.45, 7) is 13.2. The molecule has 1 rings (SSSR count). The van der Waals surface area contributed by atoms with E-state index in [0.717, 1.165) is 26.2 Å². The number of hydrogen-bond acceptors (Lipinski definition) is 2. The number of nitrogens with zero attached hydrogens (tertiary/aromatic N) is 1. The van der Waals surface area contributed by atoms with Crippen LogP contribution in [0.3, 0.4) is 0 Å². The lowest BCUT2D eigenvalue weighted by Gasteiger charge is -2.18. The summed E-state index contributed by atoms with van der Waals surface area (Å²) in [5.74, 6) is 0.686. The number of nitrogens with one attached hydrogen (secondary N) is 1. The van der Waals surface area contributed by atoms with Gasteiger partial charge in [-0.2, -0.15) is 0 Å². The Bertz CT molecular complexity index is 299. The van der Waals surface area contributed by atoms with Crippen LogP contribution in [-0.2, 0) is 6.54 Å². The summed E-state index contributed by atoms with van der Waals surface area (Å²) in [5.41, 5.74) is 2.62. The molecule has 0 saturated heterocycles. The SMILES string of the molecule is CCN(CC)Cc1ccc(NCC(C)C)cc1. The predicted octanol–water partition coefficient (Wildman–Crippen LogP) is 3.60. The van der Waals surface area contributed by atoms with E-state index in [4.69, 9.17) is 0 Å². The monoisotopic (exact) mass is 234 g/mol. The van der Waals surface area contributed by atoms with E-state index in [1.54, 1.807) is 0 Å². The average Bonchev–Trinajstić information content (AvgIpc) is 2.34. The summed E-state index contributed by atoms with van der Waals surface area (Å²) in [6.07, 6.45) is 0. The molecule has 0 radical (unpaired) electrons. The Morgan fingerprint density at radius 2 is 1.65 bits per heavy atom. The first kappa shape index (κ1) is 14.0. The van der Waals surface area contributed by atoms with Crippen LogP contribution in [-0.4, -0.2) is 24.5 Å². The third kappa shape index (κ3) is 5.22. The van der Waals surface area contributed by atoms with Gasteiger partial charge >= 0.3 is 0 Å². The van der Waals surface area contributed by atoms with Gasteiger partial charge in [0.25, 0.3) is 0 Å². The normalized spacial score (nSPS) is 11.2. The van der Waals surface area contributed by atoms with Gasteiger partial charge in [-0.15, -0.1) is 0 Å². The Kier molecular flexibility index (Phi) is 6.06. The molecule has 1 aromatic carbocycles. The highest BCUT2D eigenvalue weighted by atomic mass is 15.1. The third-order valence-electron chi connectivity index (χ3n) is 2.97. The molecule has 0 aliphatic carbocycles. The van der Waals surface area contributed by atoms with E-state index < -0.39 is 0 Å². The molecule has 0 saturated carbocycles. The van der Waals surface area contributed by atoms with Crippen LogP contribution in [0.4, 0.5) is 5.69 Å². The summed E-state index contributed by atoms with van der Waals surface area (Å²) < 4.78 is 0. The first-order valence-electron chi connectivity index (χ1n) is 6.70. The summed E-state index contributed by atoms with van der Waals surface area (Å²) in [6, 6.07) is 8.81. The molecule has 0 heterocycles. The molecule has 0 bridgehead atoms. The quantitative estimate of drug-likeness (QED) is 0.775. The predicted molar refractivity (Wildman–Crippen MR) is 76.4 cm³/mol. The minimum Gasteiger partial charge on any atom is -0.385 e. The van der Waals surface area contributed by atoms with Gasteiger partial charge in [0.15, 0.2) is 0 Å². The minimum absolute atomic E-state index is 0.686. The summed E-state index contributed by atoms with van der Waals surface area (Å²) >= 11 is 0. The zero-order valence-electron chi connectivity index (χ0n) is 11.7. The third-order valence-corrected chi connectivity index (χ3v) is 2.97. The molecular weight excluding hydrogens is 208 g/mol. The maximum Gasteiger partial charge on any atom is 0.0340 e. The van der Waals surface area contributed by atoms with Crippen LogP contribution in [0.25, 0.3) is 0 Å². The molecule has 17 heavy (non-hydrogen) atoms. The molecule has 2 nitrogen and oxygen atoms in total. The average molecular weight is 234 g/mol. The molecule has 1 N–H and O–H groups in total. The minimum atomic E-state index is 0.686. The first-order chi connectivity index (χ1) is 8.15. The second-order valence-electron chi connectivity index (χ2n) is 4.93. The molecule has 0 aliphatic rings. The van der Waals surface area contributed by atoms with Gasteiger partial charge in [-0.3, -0.25) is 4.90 Å². The second-order valence-corrected chi connectivity index (χ2v) is 4.93. The van der Waals surface area contributed by atoms with Crippen molar-refractivity contribution in [1.82, 2.24) is 4.90 Å². The second kappa shape index (κ2) is 7.33. The maximum absolute atomic E-state index is 3.44. The zero-order chi connectivity index (χ0) is 12.7. The Morgan fingerprint density at radius 1 is 1.06 bits per heavy atom. The van der Waals surface area contributed by atoms with Gasteiger partial charge in [-0.25, -0.2) is 0 Å². The molecule has 0 aromatic heterocycles. The Labute approximate surface area is 106 Å². The Morgan fingerprint density at radius 3 is 2.12 bits per heavy atom. The number of hydrogen-bond donors (Lipinski definition) is 1. The van der Waals surface area contributed by atoms with E-state index in [2.05, 4.69) is 62.2 Å². The summed E-state index contributed by atoms with van der Waals surface area (Å²) in [4.78, 5) is 2.43. The summed E-state index contributed by atoms with van der Waals surface area (Å²) in [5, 5.41) is 3.44. The molecule has 2 heteroatoms. The Hall–Kier alpha value is -1.02. The lowest BCUT2D eigenvalue weighted by Crippen LogP contribution is -2.22. The van der Waals surface area contributed by atoms with E-state index in [1.165, 1.54) is 11.3 Å². The van der Waals surface area contributed by atoms with Gasteiger partial charge < -0.3 is 5.32 Å². The number of rotatable bonds is 7. The van der Waals surface area contributed by atoms with Crippen molar-refractivity contribution in [3.8, 4) is 0 Å². The van der Waals surface area contributed by atoms with Crippen LogP contribution in [0.5, 0.6) is 0 Å². The molecule has 0 amide bonds. The number of benzene rings is 1. The van der Waals surface area contributed by atoms with Crippen molar-refractivity contribution >= 4 is 5.69 Å². The van der Waals surface area contributed by atoms with Gasteiger partial charge in [0.2, 0.25) is 0 Å². The highest BCUT2D eigenvalue weighted by Crippen LogP contribution is 2.12. The van der Waals surface area contributed by atoms with Crippen LogP contribution in [0.2, 0.25) is 0 Å². The van der Waals surface area contributed by atoms with Crippen molar-refractivity contribution in [3.63, 3.8) is 0 Å². The van der Waals surface area contributed by atoms with Gasteiger partial charge in [0, 0.05) is 18.8 Å². The van der Waals surface area contributed by atoms with Crippen molar-refractivity contribution in [2.45, 2.75) is 34.2 Å². The molecule has 0 unspecified atom stereocenters. The van der Waals surface area contributed by atoms with Gasteiger partial charge in [0.1, 0.15) is 0 Å². The highest BCUT2D eigenvalue weighted by molar-refractivity contribution is 5.44. The van der Waals surface area contributed by atoms with Gasteiger partial charge in [0.05, 0.1) is 0 Å². The highest BCUT2D eigenvalue weighted by Gasteiger charge is 2.01. The zero-order valence-corrected chi connectivity index (χ0v) is 11.7. The van der Waals surface area contributed by atoms with E-state index in [1.807, 2.05) is 0 Å². The van der Waals surface area contributed by atoms with Gasteiger partial charge in [-0.1, -0.05) is 39.8 Å². The van der Waals surface area contributed by atoms with Crippen molar-refractivity contribution < 1.29 is 0 Å². The van der Waals surface area contributed by atoms with E-state index in [0.29, 0.717) is 5.92 Å². The molecule has 0 fully saturated rings. The first-order valence-corrected chi connectivity index (χ1v) is 6.70. The molecule has 0 aliphatic heterocycles. The fraction of sp³-hybridized carbons (Fsp3) is 0.600. The molecular formula is C15H26N2. The van der Waals surface area contributed by atoms with E-state index >= 15 is 0 Å². The standard InChI is InChI=1S/C15H26N2/c1-5-17(6-2)12-14-7-9-15(10-8-14)16-11-13(3)4/h7-10,13,16H,5-6,11-12H2,1-4H3.